The van der Waals surface area contributed by atoms with E-state index in [1.807, 2.05) is 12.4 Å². The fourth-order valence-electron chi connectivity index (χ4n) is 3.16. The zero-order valence-corrected chi connectivity index (χ0v) is 14.6. The van der Waals surface area contributed by atoms with Crippen LogP contribution in [0.15, 0.2) is 17.6 Å². The molecule has 0 atom stereocenters. The highest BCUT2D eigenvalue weighted by Crippen LogP contribution is 2.30. The van der Waals surface area contributed by atoms with E-state index in [1.54, 1.807) is 11.3 Å². The Labute approximate surface area is 140 Å². The highest BCUT2D eigenvalue weighted by atomic mass is 32.1. The lowest BCUT2D eigenvalue weighted by Gasteiger charge is -2.34. The molecule has 1 aliphatic heterocycles. The van der Waals surface area contributed by atoms with Crippen LogP contribution in [0.1, 0.15) is 11.3 Å². The summed E-state index contributed by atoms with van der Waals surface area (Å²) in [5.74, 6) is 0.929. The molecule has 0 bridgehead atoms. The molecule has 0 saturated carbocycles. The maximum Gasteiger partial charge on any atom is 0.150 e. The van der Waals surface area contributed by atoms with Crippen molar-refractivity contribution in [3.05, 3.63) is 28.9 Å². The third-order valence-corrected chi connectivity index (χ3v) is 5.53. The number of nitrogens with one attached hydrogen (secondary N) is 1. The van der Waals surface area contributed by atoms with E-state index in [1.165, 1.54) is 11.3 Å². The van der Waals surface area contributed by atoms with Crippen molar-refractivity contribution in [2.75, 3.05) is 38.1 Å². The van der Waals surface area contributed by atoms with Crippen LogP contribution in [0.25, 0.3) is 21.7 Å². The van der Waals surface area contributed by atoms with E-state index in [4.69, 9.17) is 4.98 Å². The molecule has 1 saturated heterocycles. The number of aryl methyl sites for hydroxylation is 2. The number of piperazine rings is 1. The second kappa shape index (κ2) is 5.62. The van der Waals surface area contributed by atoms with Crippen molar-refractivity contribution in [3.63, 3.8) is 0 Å². The Balaban J connectivity index is 1.74. The fraction of sp³-hybridized carbons (Fsp3) is 0.412. The van der Waals surface area contributed by atoms with Crippen LogP contribution in [0.5, 0.6) is 0 Å². The average Bonchev–Trinajstić information content (AvgIpc) is 3.14. The summed E-state index contributed by atoms with van der Waals surface area (Å²) in [5.41, 5.74) is 7.60. The number of nitrogens with zero attached hydrogens (tertiary/aromatic N) is 4. The number of hydrogen-bond acceptors (Lipinski definition) is 5. The number of aromatic nitrogens is 3. The van der Waals surface area contributed by atoms with Crippen molar-refractivity contribution in [3.8, 4) is 10.7 Å². The molecule has 1 fully saturated rings. The molecule has 3 aromatic rings. The van der Waals surface area contributed by atoms with Crippen molar-refractivity contribution < 1.29 is 0 Å². The lowest BCUT2D eigenvalue weighted by molar-refractivity contribution is 0.313. The molecule has 3 heterocycles. The molecule has 0 unspecified atom stereocenters. The molecule has 6 heteroatoms. The van der Waals surface area contributed by atoms with E-state index in [0.717, 1.165) is 53.6 Å². The smallest absolute Gasteiger partial charge is 0.150 e. The SMILES string of the molecule is Cc1ncsc1-c1nc2c(C)cc(N3CCN(C)CC3)cc2[nH]1. The number of thiazole rings is 1. The van der Waals surface area contributed by atoms with Gasteiger partial charge in [-0.05, 0) is 38.6 Å². The summed E-state index contributed by atoms with van der Waals surface area (Å²) < 4.78 is 0. The van der Waals surface area contributed by atoms with Crippen LogP contribution in [-0.2, 0) is 0 Å². The Kier molecular flexibility index (Phi) is 3.58. The number of aromatic amines is 1. The van der Waals surface area contributed by atoms with Crippen LogP contribution < -0.4 is 4.90 Å². The molecule has 0 radical (unpaired) electrons. The zero-order valence-electron chi connectivity index (χ0n) is 13.8. The first kappa shape index (κ1) is 14.7. The number of benzene rings is 1. The Bertz CT molecular complexity index is 842. The van der Waals surface area contributed by atoms with Gasteiger partial charge < -0.3 is 14.8 Å². The van der Waals surface area contributed by atoms with E-state index >= 15 is 0 Å². The van der Waals surface area contributed by atoms with E-state index in [-0.39, 0.29) is 0 Å². The summed E-state index contributed by atoms with van der Waals surface area (Å²) >= 11 is 1.64. The number of likely N-dealkylation sites (N-methyl/N-ethyl adjacent to an activating group) is 1. The molecule has 23 heavy (non-hydrogen) atoms. The molecule has 0 aliphatic carbocycles. The Morgan fingerprint density at radius 2 is 1.91 bits per heavy atom. The number of hydrogen-bond donors (Lipinski definition) is 1. The minimum Gasteiger partial charge on any atom is -0.369 e. The molecule has 1 aliphatic rings. The first-order valence-electron chi connectivity index (χ1n) is 7.96. The molecule has 0 amide bonds. The largest absolute Gasteiger partial charge is 0.369 e. The predicted molar refractivity (Wildman–Crippen MR) is 96.4 cm³/mol. The van der Waals surface area contributed by atoms with Gasteiger partial charge in [0.15, 0.2) is 5.82 Å². The molecule has 2 aromatic heterocycles. The zero-order chi connectivity index (χ0) is 16.0. The van der Waals surface area contributed by atoms with Gasteiger partial charge in [0.05, 0.1) is 27.1 Å². The van der Waals surface area contributed by atoms with Gasteiger partial charge in [-0.1, -0.05) is 0 Å². The third kappa shape index (κ3) is 2.62. The lowest BCUT2D eigenvalue weighted by Crippen LogP contribution is -2.44. The summed E-state index contributed by atoms with van der Waals surface area (Å²) in [6.45, 7) is 8.57. The molecule has 1 aromatic carbocycles. The molecule has 0 spiro atoms. The number of fused-ring (bicyclic) bond motifs is 1. The maximum absolute atomic E-state index is 4.80. The van der Waals surface area contributed by atoms with Crippen molar-refractivity contribution in [1.29, 1.82) is 0 Å². The molecule has 120 valence electrons. The quantitative estimate of drug-likeness (QED) is 0.786. The number of H-pyrrole nitrogens is 1. The lowest BCUT2D eigenvalue weighted by atomic mass is 10.1. The van der Waals surface area contributed by atoms with Crippen LogP contribution in [0.2, 0.25) is 0 Å². The predicted octanol–water partition coefficient (Wildman–Crippen LogP) is 3.06. The van der Waals surface area contributed by atoms with E-state index < -0.39 is 0 Å². The van der Waals surface area contributed by atoms with Gasteiger partial charge in [-0.25, -0.2) is 9.97 Å². The van der Waals surface area contributed by atoms with E-state index in [9.17, 15) is 0 Å². The van der Waals surface area contributed by atoms with Gasteiger partial charge in [0.2, 0.25) is 0 Å². The van der Waals surface area contributed by atoms with E-state index in [0.29, 0.717) is 0 Å². The minimum absolute atomic E-state index is 0.929. The Morgan fingerprint density at radius 1 is 1.13 bits per heavy atom. The van der Waals surface area contributed by atoms with Crippen LogP contribution in [-0.4, -0.2) is 53.1 Å². The highest BCUT2D eigenvalue weighted by Gasteiger charge is 2.17. The van der Waals surface area contributed by atoms with Crippen LogP contribution in [0, 0.1) is 13.8 Å². The Hall–Kier alpha value is -1.92. The normalized spacial score (nSPS) is 16.4. The highest BCUT2D eigenvalue weighted by molar-refractivity contribution is 7.13. The second-order valence-electron chi connectivity index (χ2n) is 6.30. The Morgan fingerprint density at radius 3 is 2.61 bits per heavy atom. The summed E-state index contributed by atoms with van der Waals surface area (Å²) in [4.78, 5) is 18.6. The van der Waals surface area contributed by atoms with Crippen molar-refractivity contribution in [2.45, 2.75) is 13.8 Å². The first-order valence-corrected chi connectivity index (χ1v) is 8.84. The van der Waals surface area contributed by atoms with Crippen molar-refractivity contribution >= 4 is 28.1 Å². The molecular weight excluding hydrogens is 306 g/mol. The van der Waals surface area contributed by atoms with Gasteiger partial charge in [0, 0.05) is 31.9 Å². The molecular formula is C17H21N5S. The van der Waals surface area contributed by atoms with Crippen LogP contribution >= 0.6 is 11.3 Å². The standard InChI is InChI=1S/C17H21N5S/c1-11-8-13(22-6-4-21(3)5-7-22)9-14-15(11)20-17(19-14)16-12(2)18-10-23-16/h8-10H,4-7H2,1-3H3,(H,19,20). The van der Waals surface area contributed by atoms with Crippen molar-refractivity contribution in [2.24, 2.45) is 0 Å². The van der Waals surface area contributed by atoms with Gasteiger partial charge >= 0.3 is 0 Å². The van der Waals surface area contributed by atoms with Gasteiger partial charge in [0.25, 0.3) is 0 Å². The maximum atomic E-state index is 4.80. The molecule has 5 nitrogen and oxygen atoms in total. The van der Waals surface area contributed by atoms with E-state index in [2.05, 4.69) is 45.9 Å². The summed E-state index contributed by atoms with van der Waals surface area (Å²) in [5, 5.41) is 0. The first-order chi connectivity index (χ1) is 11.1. The second-order valence-corrected chi connectivity index (χ2v) is 7.16. The number of anilines is 1. The van der Waals surface area contributed by atoms with Gasteiger partial charge in [-0.3, -0.25) is 0 Å². The average molecular weight is 327 g/mol. The third-order valence-electron chi connectivity index (χ3n) is 4.59. The molecule has 4 rings (SSSR count). The number of rotatable bonds is 2. The fourth-order valence-corrected chi connectivity index (χ4v) is 3.90. The summed E-state index contributed by atoms with van der Waals surface area (Å²) in [7, 11) is 2.18. The van der Waals surface area contributed by atoms with Gasteiger partial charge in [-0.2, -0.15) is 0 Å². The topological polar surface area (TPSA) is 48.1 Å². The summed E-state index contributed by atoms with van der Waals surface area (Å²) in [6, 6.07) is 4.50. The van der Waals surface area contributed by atoms with Gasteiger partial charge in [0.1, 0.15) is 0 Å². The molecule has 1 N–H and O–H groups in total. The van der Waals surface area contributed by atoms with Gasteiger partial charge in [-0.15, -0.1) is 11.3 Å². The summed E-state index contributed by atoms with van der Waals surface area (Å²) in [6.07, 6.45) is 0. The minimum atomic E-state index is 0.929. The van der Waals surface area contributed by atoms with Crippen molar-refractivity contribution in [1.82, 2.24) is 19.9 Å². The van der Waals surface area contributed by atoms with Crippen LogP contribution in [0.4, 0.5) is 5.69 Å². The monoisotopic (exact) mass is 327 g/mol. The number of imidazole rings is 1. The van der Waals surface area contributed by atoms with Crippen LogP contribution in [0.3, 0.4) is 0 Å².